The number of rotatable bonds is 1. The molecule has 3 nitrogen and oxygen atoms in total. The molecule has 0 spiro atoms. The number of aryl methyl sites for hydroxylation is 2. The second-order valence-electron chi connectivity index (χ2n) is 6.64. The Morgan fingerprint density at radius 2 is 1.52 bits per heavy atom. The molecule has 3 heteroatoms. The van der Waals surface area contributed by atoms with Crippen LogP contribution < -0.4 is 4.90 Å². The summed E-state index contributed by atoms with van der Waals surface area (Å²) in [4.78, 5) is 27.2. The van der Waals surface area contributed by atoms with Crippen LogP contribution in [0.1, 0.15) is 24.0 Å². The number of nitrogens with zero attached hydrogens (tertiary/aromatic N) is 1. The van der Waals surface area contributed by atoms with Crippen molar-refractivity contribution in [1.29, 1.82) is 0 Å². The van der Waals surface area contributed by atoms with E-state index in [1.54, 1.807) is 0 Å². The van der Waals surface area contributed by atoms with Crippen molar-refractivity contribution in [3.63, 3.8) is 0 Å². The Morgan fingerprint density at radius 1 is 0.952 bits per heavy atom. The summed E-state index contributed by atoms with van der Waals surface area (Å²) in [5.41, 5.74) is 2.91. The van der Waals surface area contributed by atoms with Crippen molar-refractivity contribution in [3.05, 3.63) is 41.5 Å². The first-order chi connectivity index (χ1) is 10.1. The smallest absolute Gasteiger partial charge is 0.238 e. The van der Waals surface area contributed by atoms with Crippen molar-refractivity contribution in [2.75, 3.05) is 4.90 Å². The second kappa shape index (κ2) is 4.30. The average Bonchev–Trinajstić information content (AvgIpc) is 2.75. The van der Waals surface area contributed by atoms with Gasteiger partial charge in [0, 0.05) is 0 Å². The first-order valence-electron chi connectivity index (χ1n) is 7.71. The van der Waals surface area contributed by atoms with Crippen LogP contribution in [0, 0.1) is 37.5 Å². The van der Waals surface area contributed by atoms with Gasteiger partial charge < -0.3 is 0 Å². The van der Waals surface area contributed by atoms with Gasteiger partial charge in [-0.3, -0.25) is 9.59 Å². The Kier molecular flexibility index (Phi) is 2.62. The third-order valence-electron chi connectivity index (χ3n) is 5.35. The van der Waals surface area contributed by atoms with Crippen LogP contribution in [0.5, 0.6) is 0 Å². The Balaban J connectivity index is 1.78. The zero-order valence-corrected chi connectivity index (χ0v) is 12.4. The maximum atomic E-state index is 12.8. The van der Waals surface area contributed by atoms with Gasteiger partial charge in [0.15, 0.2) is 0 Å². The van der Waals surface area contributed by atoms with Crippen LogP contribution in [0.15, 0.2) is 30.4 Å². The summed E-state index contributed by atoms with van der Waals surface area (Å²) < 4.78 is 0. The summed E-state index contributed by atoms with van der Waals surface area (Å²) in [6.45, 7) is 3.99. The number of benzene rings is 1. The molecule has 4 aliphatic rings. The van der Waals surface area contributed by atoms with E-state index in [0.29, 0.717) is 0 Å². The van der Waals surface area contributed by atoms with Crippen LogP contribution in [0.4, 0.5) is 5.69 Å². The zero-order valence-electron chi connectivity index (χ0n) is 12.4. The minimum Gasteiger partial charge on any atom is -0.274 e. The third-order valence-corrected chi connectivity index (χ3v) is 5.35. The fourth-order valence-corrected chi connectivity index (χ4v) is 4.37. The zero-order chi connectivity index (χ0) is 14.7. The van der Waals surface area contributed by atoms with Gasteiger partial charge in [0.1, 0.15) is 0 Å². The van der Waals surface area contributed by atoms with Crippen LogP contribution in [0.2, 0.25) is 0 Å². The molecule has 1 saturated heterocycles. The first kappa shape index (κ1) is 12.8. The average molecular weight is 281 g/mol. The number of imide groups is 1. The monoisotopic (exact) mass is 281 g/mol. The predicted octanol–water partition coefficient (Wildman–Crippen LogP) is 3.01. The van der Waals surface area contributed by atoms with E-state index in [1.165, 1.54) is 4.90 Å². The molecular weight excluding hydrogens is 262 g/mol. The van der Waals surface area contributed by atoms with Gasteiger partial charge in [0.2, 0.25) is 11.8 Å². The van der Waals surface area contributed by atoms with Crippen molar-refractivity contribution < 1.29 is 9.59 Å². The van der Waals surface area contributed by atoms with Crippen molar-refractivity contribution in [2.45, 2.75) is 26.7 Å². The molecule has 1 saturated carbocycles. The Bertz CT molecular complexity index is 644. The molecule has 3 aliphatic carbocycles. The summed E-state index contributed by atoms with van der Waals surface area (Å²) >= 11 is 0. The molecule has 0 aromatic heterocycles. The topological polar surface area (TPSA) is 37.4 Å². The van der Waals surface area contributed by atoms with Crippen molar-refractivity contribution >= 4 is 17.5 Å². The standard InChI is InChI=1S/C18H19NO2/c1-10-3-8-14(11(2)9-10)19-17(20)15-12-4-5-13(7-6-12)16(15)18(19)21/h3-5,8-9,12-13,15-16H,6-7H2,1-2H3. The van der Waals surface area contributed by atoms with E-state index in [4.69, 9.17) is 0 Å². The number of amides is 2. The second-order valence-corrected chi connectivity index (χ2v) is 6.64. The van der Waals surface area contributed by atoms with Gasteiger partial charge in [0.25, 0.3) is 0 Å². The quantitative estimate of drug-likeness (QED) is 0.586. The van der Waals surface area contributed by atoms with Gasteiger partial charge in [-0.25, -0.2) is 4.90 Å². The van der Waals surface area contributed by atoms with E-state index in [1.807, 2.05) is 32.0 Å². The van der Waals surface area contributed by atoms with Crippen LogP contribution in [0.25, 0.3) is 0 Å². The molecule has 0 N–H and O–H groups in total. The maximum absolute atomic E-state index is 12.8. The van der Waals surface area contributed by atoms with Gasteiger partial charge in [-0.15, -0.1) is 0 Å². The fourth-order valence-electron chi connectivity index (χ4n) is 4.37. The number of hydrogen-bond donors (Lipinski definition) is 0. The molecule has 2 fully saturated rings. The molecular formula is C18H19NO2. The molecule has 2 bridgehead atoms. The lowest BCUT2D eigenvalue weighted by Crippen LogP contribution is -2.38. The molecule has 0 radical (unpaired) electrons. The molecule has 4 unspecified atom stereocenters. The largest absolute Gasteiger partial charge is 0.274 e. The van der Waals surface area contributed by atoms with Crippen molar-refractivity contribution in [3.8, 4) is 0 Å². The molecule has 5 rings (SSSR count). The lowest BCUT2D eigenvalue weighted by atomic mass is 9.63. The number of allylic oxidation sites excluding steroid dienone is 2. The van der Waals surface area contributed by atoms with E-state index >= 15 is 0 Å². The molecule has 108 valence electrons. The van der Waals surface area contributed by atoms with Gasteiger partial charge in [-0.05, 0) is 50.2 Å². The highest BCUT2D eigenvalue weighted by Crippen LogP contribution is 2.50. The van der Waals surface area contributed by atoms with E-state index in [-0.39, 0.29) is 35.5 Å². The number of anilines is 1. The first-order valence-corrected chi connectivity index (χ1v) is 7.71. The molecule has 1 heterocycles. The van der Waals surface area contributed by atoms with Gasteiger partial charge >= 0.3 is 0 Å². The summed E-state index contributed by atoms with van der Waals surface area (Å²) in [5, 5.41) is 0. The molecule has 1 aliphatic heterocycles. The highest BCUT2D eigenvalue weighted by atomic mass is 16.2. The van der Waals surface area contributed by atoms with Crippen molar-refractivity contribution in [1.82, 2.24) is 0 Å². The van der Waals surface area contributed by atoms with E-state index in [0.717, 1.165) is 29.7 Å². The lowest BCUT2D eigenvalue weighted by molar-refractivity contribution is -0.124. The minimum absolute atomic E-state index is 0.0102. The summed E-state index contributed by atoms with van der Waals surface area (Å²) in [6, 6.07) is 5.91. The lowest BCUT2D eigenvalue weighted by Gasteiger charge is -2.38. The van der Waals surface area contributed by atoms with Gasteiger partial charge in [-0.2, -0.15) is 0 Å². The van der Waals surface area contributed by atoms with Gasteiger partial charge in [0.05, 0.1) is 17.5 Å². The molecule has 4 atom stereocenters. The third kappa shape index (κ3) is 1.66. The highest BCUT2D eigenvalue weighted by molar-refractivity contribution is 6.22. The minimum atomic E-state index is -0.123. The predicted molar refractivity (Wildman–Crippen MR) is 80.7 cm³/mol. The fraction of sp³-hybridized carbons (Fsp3) is 0.444. The van der Waals surface area contributed by atoms with Crippen LogP contribution >= 0.6 is 0 Å². The molecule has 1 aromatic carbocycles. The molecule has 1 aromatic rings. The number of fused-ring (bicyclic) bond motifs is 1. The number of carbonyl (C=O) groups excluding carboxylic acids is 2. The SMILES string of the molecule is Cc1ccc(N2C(=O)C3C4C=CC(CC4)C3C2=O)c(C)c1. The molecule has 21 heavy (non-hydrogen) atoms. The number of hydrogen-bond acceptors (Lipinski definition) is 2. The summed E-state index contributed by atoms with van der Waals surface area (Å²) in [6.07, 6.45) is 6.40. The Hall–Kier alpha value is -1.90. The summed E-state index contributed by atoms with van der Waals surface area (Å²) in [7, 11) is 0. The van der Waals surface area contributed by atoms with E-state index in [9.17, 15) is 9.59 Å². The maximum Gasteiger partial charge on any atom is 0.238 e. The normalized spacial score (nSPS) is 33.7. The number of carbonyl (C=O) groups is 2. The van der Waals surface area contributed by atoms with Crippen LogP contribution in [-0.2, 0) is 9.59 Å². The molecule has 2 amide bonds. The van der Waals surface area contributed by atoms with Crippen LogP contribution in [0.3, 0.4) is 0 Å². The van der Waals surface area contributed by atoms with E-state index < -0.39 is 0 Å². The Morgan fingerprint density at radius 3 is 2.00 bits per heavy atom. The highest BCUT2D eigenvalue weighted by Gasteiger charge is 2.56. The summed E-state index contributed by atoms with van der Waals surface area (Å²) in [5.74, 6) is 0.287. The van der Waals surface area contributed by atoms with Crippen molar-refractivity contribution in [2.24, 2.45) is 23.7 Å². The van der Waals surface area contributed by atoms with E-state index in [2.05, 4.69) is 12.2 Å². The Labute approximate surface area is 124 Å². The van der Waals surface area contributed by atoms with Gasteiger partial charge in [-0.1, -0.05) is 29.8 Å². The van der Waals surface area contributed by atoms with Crippen LogP contribution in [-0.4, -0.2) is 11.8 Å².